The van der Waals surface area contributed by atoms with E-state index in [-0.39, 0.29) is 4.90 Å². The number of pyridine rings is 1. The first-order chi connectivity index (χ1) is 9.70. The molecule has 1 heterocycles. The number of aryl methyl sites for hydroxylation is 2. The van der Waals surface area contributed by atoms with Crippen LogP contribution in [0.1, 0.15) is 16.7 Å². The number of nitrogens with zero attached hydrogens (tertiary/aromatic N) is 1. The molecule has 0 fully saturated rings. The molecule has 0 bridgehead atoms. The molecule has 0 radical (unpaired) electrons. The summed E-state index contributed by atoms with van der Waals surface area (Å²) in [5.74, 6) is 0.303. The molecular weight excluding hydrogens is 354 g/mol. The van der Waals surface area contributed by atoms with E-state index in [1.807, 2.05) is 0 Å². The monoisotopic (exact) mass is 369 g/mol. The van der Waals surface area contributed by atoms with Crippen LogP contribution in [-0.2, 0) is 10.0 Å². The van der Waals surface area contributed by atoms with E-state index in [1.54, 1.807) is 45.2 Å². The fraction of sp³-hybridized carbons (Fsp3) is 0.214. The molecule has 2 aromatic rings. The second-order valence-electron chi connectivity index (χ2n) is 4.90. The van der Waals surface area contributed by atoms with Crippen molar-refractivity contribution in [3.8, 4) is 0 Å². The van der Waals surface area contributed by atoms with E-state index in [1.165, 1.54) is 0 Å². The van der Waals surface area contributed by atoms with Crippen LogP contribution in [-0.4, -0.2) is 13.4 Å². The molecule has 3 N–H and O–H groups in total. The minimum absolute atomic E-state index is 0.170. The van der Waals surface area contributed by atoms with Crippen LogP contribution in [0.15, 0.2) is 33.8 Å². The SMILES string of the molecule is Cc1cc(N)c(C)c(S(=O)(=O)Nc2ncc(Br)cc2C)c1. The fourth-order valence-corrected chi connectivity index (χ4v) is 3.85. The van der Waals surface area contributed by atoms with Gasteiger partial charge >= 0.3 is 0 Å². The van der Waals surface area contributed by atoms with Crippen molar-refractivity contribution in [2.45, 2.75) is 25.7 Å². The number of halogens is 1. The van der Waals surface area contributed by atoms with Crippen molar-refractivity contribution in [1.29, 1.82) is 0 Å². The number of nitrogens with one attached hydrogen (secondary N) is 1. The number of nitrogens with two attached hydrogens (primary N) is 1. The van der Waals surface area contributed by atoms with Crippen LogP contribution in [0.2, 0.25) is 0 Å². The number of aromatic nitrogens is 1. The summed E-state index contributed by atoms with van der Waals surface area (Å²) in [4.78, 5) is 4.27. The van der Waals surface area contributed by atoms with E-state index in [9.17, 15) is 8.42 Å². The molecule has 0 saturated heterocycles. The molecule has 0 unspecified atom stereocenters. The first kappa shape index (κ1) is 15.8. The third kappa shape index (κ3) is 3.36. The first-order valence-electron chi connectivity index (χ1n) is 6.22. The number of sulfonamides is 1. The first-order valence-corrected chi connectivity index (χ1v) is 8.50. The molecule has 1 aromatic heterocycles. The second kappa shape index (κ2) is 5.65. The van der Waals surface area contributed by atoms with E-state index in [2.05, 4.69) is 25.6 Å². The van der Waals surface area contributed by atoms with Crippen LogP contribution >= 0.6 is 15.9 Å². The van der Waals surface area contributed by atoms with Crippen molar-refractivity contribution in [2.75, 3.05) is 10.5 Å². The summed E-state index contributed by atoms with van der Waals surface area (Å²) in [5.41, 5.74) is 8.35. The van der Waals surface area contributed by atoms with Crippen LogP contribution in [0.4, 0.5) is 11.5 Å². The minimum Gasteiger partial charge on any atom is -0.398 e. The van der Waals surface area contributed by atoms with E-state index in [0.29, 0.717) is 17.1 Å². The number of hydrogen-bond donors (Lipinski definition) is 2. The molecule has 0 aliphatic rings. The molecule has 0 spiro atoms. The van der Waals surface area contributed by atoms with Gasteiger partial charge in [-0.25, -0.2) is 13.4 Å². The fourth-order valence-electron chi connectivity index (χ4n) is 1.96. The van der Waals surface area contributed by atoms with Crippen LogP contribution < -0.4 is 10.5 Å². The van der Waals surface area contributed by atoms with E-state index >= 15 is 0 Å². The average molecular weight is 370 g/mol. The van der Waals surface area contributed by atoms with E-state index < -0.39 is 10.0 Å². The van der Waals surface area contributed by atoms with E-state index in [4.69, 9.17) is 5.73 Å². The van der Waals surface area contributed by atoms with Gasteiger partial charge in [-0.3, -0.25) is 4.72 Å². The van der Waals surface area contributed by atoms with Gasteiger partial charge in [-0.05, 0) is 71.6 Å². The summed E-state index contributed by atoms with van der Waals surface area (Å²) in [6, 6.07) is 5.14. The molecule has 2 rings (SSSR count). The highest BCUT2D eigenvalue weighted by Crippen LogP contribution is 2.26. The van der Waals surface area contributed by atoms with Gasteiger partial charge in [0.15, 0.2) is 0 Å². The van der Waals surface area contributed by atoms with Crippen molar-refractivity contribution in [3.05, 3.63) is 45.6 Å². The molecule has 7 heteroatoms. The van der Waals surface area contributed by atoms with Gasteiger partial charge < -0.3 is 5.73 Å². The van der Waals surface area contributed by atoms with Gasteiger partial charge in [-0.2, -0.15) is 0 Å². The molecule has 5 nitrogen and oxygen atoms in total. The smallest absolute Gasteiger partial charge is 0.263 e. The van der Waals surface area contributed by atoms with Crippen LogP contribution in [0.25, 0.3) is 0 Å². The predicted molar refractivity (Wildman–Crippen MR) is 87.8 cm³/mol. The number of hydrogen-bond acceptors (Lipinski definition) is 4. The zero-order valence-electron chi connectivity index (χ0n) is 11.9. The lowest BCUT2D eigenvalue weighted by Gasteiger charge is -2.13. The van der Waals surface area contributed by atoms with Gasteiger partial charge in [0.05, 0.1) is 4.90 Å². The molecular formula is C14H16BrN3O2S. The Morgan fingerprint density at radius 2 is 1.86 bits per heavy atom. The summed E-state index contributed by atoms with van der Waals surface area (Å²) in [7, 11) is -3.73. The van der Waals surface area contributed by atoms with Gasteiger partial charge in [0, 0.05) is 16.4 Å². The van der Waals surface area contributed by atoms with Gasteiger partial charge in [0.25, 0.3) is 10.0 Å². The summed E-state index contributed by atoms with van der Waals surface area (Å²) in [6.45, 7) is 5.27. The number of benzene rings is 1. The lowest BCUT2D eigenvalue weighted by Crippen LogP contribution is -2.17. The normalized spacial score (nSPS) is 11.4. The Morgan fingerprint density at radius 1 is 1.19 bits per heavy atom. The predicted octanol–water partition coefficient (Wildman–Crippen LogP) is 3.15. The van der Waals surface area contributed by atoms with Crippen molar-refractivity contribution in [1.82, 2.24) is 4.98 Å². The molecule has 0 amide bonds. The number of nitrogen functional groups attached to an aromatic ring is 1. The Morgan fingerprint density at radius 3 is 2.48 bits per heavy atom. The largest absolute Gasteiger partial charge is 0.398 e. The minimum atomic E-state index is -3.73. The summed E-state index contributed by atoms with van der Waals surface area (Å²) >= 11 is 3.30. The molecule has 21 heavy (non-hydrogen) atoms. The Kier molecular flexibility index (Phi) is 4.25. The highest BCUT2D eigenvalue weighted by Gasteiger charge is 2.20. The Balaban J connectivity index is 2.48. The average Bonchev–Trinajstić information content (AvgIpc) is 2.37. The number of anilines is 2. The van der Waals surface area contributed by atoms with Gasteiger partial charge in [0.2, 0.25) is 0 Å². The quantitative estimate of drug-likeness (QED) is 0.813. The maximum Gasteiger partial charge on any atom is 0.263 e. The lowest BCUT2D eigenvalue weighted by atomic mass is 10.1. The standard InChI is InChI=1S/C14H16BrN3O2S/c1-8-4-12(16)10(3)13(5-8)21(19,20)18-14-9(2)6-11(15)7-17-14/h4-7H,16H2,1-3H3,(H,17,18). The maximum atomic E-state index is 12.5. The Hall–Kier alpha value is -1.60. The zero-order valence-corrected chi connectivity index (χ0v) is 14.3. The van der Waals surface area contributed by atoms with Gasteiger partial charge in [-0.1, -0.05) is 0 Å². The van der Waals surface area contributed by atoms with Crippen molar-refractivity contribution in [2.24, 2.45) is 0 Å². The maximum absolute atomic E-state index is 12.5. The summed E-state index contributed by atoms with van der Waals surface area (Å²) < 4.78 is 28.4. The molecule has 0 saturated carbocycles. The van der Waals surface area contributed by atoms with Gasteiger partial charge in [0.1, 0.15) is 5.82 Å². The van der Waals surface area contributed by atoms with Gasteiger partial charge in [-0.15, -0.1) is 0 Å². The second-order valence-corrected chi connectivity index (χ2v) is 7.47. The Labute approximate surface area is 132 Å². The zero-order chi connectivity index (χ0) is 15.8. The third-order valence-corrected chi connectivity index (χ3v) is 5.01. The lowest BCUT2D eigenvalue weighted by molar-refractivity contribution is 0.600. The summed E-state index contributed by atoms with van der Waals surface area (Å²) in [6.07, 6.45) is 1.54. The molecule has 0 atom stereocenters. The molecule has 1 aromatic carbocycles. The van der Waals surface area contributed by atoms with Crippen molar-refractivity contribution < 1.29 is 8.42 Å². The van der Waals surface area contributed by atoms with E-state index in [0.717, 1.165) is 15.6 Å². The number of rotatable bonds is 3. The Bertz CT molecular complexity index is 804. The molecule has 0 aliphatic carbocycles. The highest BCUT2D eigenvalue weighted by molar-refractivity contribution is 9.10. The third-order valence-electron chi connectivity index (χ3n) is 3.11. The summed E-state index contributed by atoms with van der Waals surface area (Å²) in [5, 5.41) is 0. The highest BCUT2D eigenvalue weighted by atomic mass is 79.9. The topological polar surface area (TPSA) is 85.1 Å². The van der Waals surface area contributed by atoms with Crippen molar-refractivity contribution in [3.63, 3.8) is 0 Å². The van der Waals surface area contributed by atoms with Crippen LogP contribution in [0.3, 0.4) is 0 Å². The van der Waals surface area contributed by atoms with Crippen LogP contribution in [0, 0.1) is 20.8 Å². The molecule has 0 aliphatic heterocycles. The molecule has 112 valence electrons. The van der Waals surface area contributed by atoms with Crippen molar-refractivity contribution >= 4 is 37.5 Å². The van der Waals surface area contributed by atoms with Crippen LogP contribution in [0.5, 0.6) is 0 Å².